The molecular weight excluding hydrogens is 276 g/mol. The maximum absolute atomic E-state index is 12.4. The van der Waals surface area contributed by atoms with Gasteiger partial charge in [0.1, 0.15) is 0 Å². The summed E-state index contributed by atoms with van der Waals surface area (Å²) in [5, 5.41) is 7.46. The highest BCUT2D eigenvalue weighted by atomic mass is 16.1. The van der Waals surface area contributed by atoms with Gasteiger partial charge in [-0.15, -0.1) is 0 Å². The van der Waals surface area contributed by atoms with Gasteiger partial charge in [0.15, 0.2) is 0 Å². The van der Waals surface area contributed by atoms with Crippen molar-refractivity contribution >= 4 is 11.6 Å². The van der Waals surface area contributed by atoms with Gasteiger partial charge in [0.05, 0.1) is 5.69 Å². The van der Waals surface area contributed by atoms with E-state index < -0.39 is 0 Å². The van der Waals surface area contributed by atoms with E-state index in [0.29, 0.717) is 11.3 Å². The van der Waals surface area contributed by atoms with E-state index in [1.54, 1.807) is 12.1 Å². The highest BCUT2D eigenvalue weighted by molar-refractivity contribution is 5.96. The Morgan fingerprint density at radius 1 is 1.36 bits per heavy atom. The van der Waals surface area contributed by atoms with Gasteiger partial charge in [-0.1, -0.05) is 6.07 Å². The summed E-state index contributed by atoms with van der Waals surface area (Å²) in [7, 11) is 1.94. The summed E-state index contributed by atoms with van der Waals surface area (Å²) in [6, 6.07) is 5.41. The monoisotopic (exact) mass is 300 g/mol. The van der Waals surface area contributed by atoms with E-state index in [2.05, 4.69) is 10.4 Å². The molecule has 5 heteroatoms. The summed E-state index contributed by atoms with van der Waals surface area (Å²) >= 11 is 0. The first-order valence-corrected chi connectivity index (χ1v) is 7.45. The second kappa shape index (κ2) is 6.22. The van der Waals surface area contributed by atoms with Crippen LogP contribution in [0.2, 0.25) is 0 Å². The van der Waals surface area contributed by atoms with Gasteiger partial charge >= 0.3 is 0 Å². The van der Waals surface area contributed by atoms with Crippen LogP contribution in [-0.4, -0.2) is 21.7 Å². The Kier molecular flexibility index (Phi) is 4.54. The topological polar surface area (TPSA) is 72.9 Å². The summed E-state index contributed by atoms with van der Waals surface area (Å²) in [6.07, 6.45) is 0.763. The zero-order valence-electron chi connectivity index (χ0n) is 13.9. The van der Waals surface area contributed by atoms with Gasteiger partial charge in [-0.05, 0) is 57.4 Å². The number of benzene rings is 1. The Morgan fingerprint density at radius 3 is 2.64 bits per heavy atom. The summed E-state index contributed by atoms with van der Waals surface area (Å²) in [5.74, 6) is -0.0866. The lowest BCUT2D eigenvalue weighted by molar-refractivity contribution is 0.0939. The van der Waals surface area contributed by atoms with Crippen LogP contribution in [0.3, 0.4) is 0 Å². The van der Waals surface area contributed by atoms with Crippen molar-refractivity contribution in [1.29, 1.82) is 0 Å². The number of nitrogen functional groups attached to an aromatic ring is 1. The predicted molar refractivity (Wildman–Crippen MR) is 88.9 cm³/mol. The number of aryl methyl sites for hydroxylation is 3. The van der Waals surface area contributed by atoms with Gasteiger partial charge in [0.25, 0.3) is 5.91 Å². The van der Waals surface area contributed by atoms with Crippen LogP contribution in [0.5, 0.6) is 0 Å². The number of anilines is 1. The lowest BCUT2D eigenvalue weighted by Crippen LogP contribution is -2.34. The number of hydrogen-bond donors (Lipinski definition) is 2. The molecule has 0 spiro atoms. The molecule has 5 nitrogen and oxygen atoms in total. The highest BCUT2D eigenvalue weighted by Crippen LogP contribution is 2.16. The molecule has 2 aromatic rings. The molecule has 0 radical (unpaired) electrons. The largest absolute Gasteiger partial charge is 0.399 e. The minimum Gasteiger partial charge on any atom is -0.399 e. The molecule has 118 valence electrons. The van der Waals surface area contributed by atoms with Crippen LogP contribution in [0.1, 0.15) is 39.8 Å². The Hall–Kier alpha value is -2.30. The van der Waals surface area contributed by atoms with Crippen LogP contribution in [0.25, 0.3) is 0 Å². The number of carbonyl (C=O) groups excluding carboxylic acids is 1. The maximum Gasteiger partial charge on any atom is 0.251 e. The molecular formula is C17H24N4O. The molecule has 3 N–H and O–H groups in total. The second-order valence-electron chi connectivity index (χ2n) is 5.93. The number of nitrogens with zero attached hydrogens (tertiary/aromatic N) is 2. The number of amides is 1. The molecule has 22 heavy (non-hydrogen) atoms. The fourth-order valence-electron chi connectivity index (χ4n) is 2.66. The summed E-state index contributed by atoms with van der Waals surface area (Å²) in [6.45, 7) is 7.96. The lowest BCUT2D eigenvalue weighted by atomic mass is 10.0. The van der Waals surface area contributed by atoms with Crippen molar-refractivity contribution in [2.45, 2.75) is 40.2 Å². The van der Waals surface area contributed by atoms with E-state index in [1.807, 2.05) is 45.5 Å². The SMILES string of the molecule is Cc1ccc(N)cc1C(=O)NC(C)Cc1c(C)nn(C)c1C. The zero-order valence-corrected chi connectivity index (χ0v) is 13.9. The molecule has 0 aliphatic carbocycles. The van der Waals surface area contributed by atoms with Crippen LogP contribution < -0.4 is 11.1 Å². The van der Waals surface area contributed by atoms with Crippen molar-refractivity contribution in [2.75, 3.05) is 5.73 Å². The summed E-state index contributed by atoms with van der Waals surface area (Å²) in [4.78, 5) is 12.4. The molecule has 1 aromatic heterocycles. The minimum atomic E-state index is -0.0866. The van der Waals surface area contributed by atoms with Crippen LogP contribution in [-0.2, 0) is 13.5 Å². The Bertz CT molecular complexity index is 703. The number of aromatic nitrogens is 2. The van der Waals surface area contributed by atoms with E-state index in [1.165, 1.54) is 5.56 Å². The number of nitrogens with one attached hydrogen (secondary N) is 1. The van der Waals surface area contributed by atoms with Gasteiger partial charge in [-0.25, -0.2) is 0 Å². The van der Waals surface area contributed by atoms with E-state index >= 15 is 0 Å². The Morgan fingerprint density at radius 2 is 2.05 bits per heavy atom. The van der Waals surface area contributed by atoms with Crippen molar-refractivity contribution in [3.63, 3.8) is 0 Å². The standard InChI is InChI=1S/C17H24N4O/c1-10-6-7-14(18)9-15(10)17(22)19-11(2)8-16-12(3)20-21(5)13(16)4/h6-7,9,11H,8,18H2,1-5H3,(H,19,22). The number of nitrogens with two attached hydrogens (primary N) is 1. The van der Waals surface area contributed by atoms with E-state index in [4.69, 9.17) is 5.73 Å². The fourth-order valence-corrected chi connectivity index (χ4v) is 2.66. The first kappa shape index (κ1) is 16.1. The zero-order chi connectivity index (χ0) is 16.4. The quantitative estimate of drug-likeness (QED) is 0.851. The van der Waals surface area contributed by atoms with E-state index in [9.17, 15) is 4.79 Å². The average Bonchev–Trinajstić information content (AvgIpc) is 2.68. The van der Waals surface area contributed by atoms with Gasteiger partial charge < -0.3 is 11.1 Å². The van der Waals surface area contributed by atoms with Crippen molar-refractivity contribution < 1.29 is 4.79 Å². The van der Waals surface area contributed by atoms with Crippen molar-refractivity contribution in [3.8, 4) is 0 Å². The van der Waals surface area contributed by atoms with Crippen molar-refractivity contribution in [2.24, 2.45) is 7.05 Å². The van der Waals surface area contributed by atoms with Crippen LogP contribution in [0.4, 0.5) is 5.69 Å². The third-order valence-electron chi connectivity index (χ3n) is 4.05. The molecule has 1 aromatic carbocycles. The maximum atomic E-state index is 12.4. The molecule has 0 aliphatic rings. The van der Waals surface area contributed by atoms with Crippen LogP contribution >= 0.6 is 0 Å². The summed E-state index contributed by atoms with van der Waals surface area (Å²) < 4.78 is 1.88. The Balaban J connectivity index is 2.10. The Labute approximate surface area is 131 Å². The van der Waals surface area contributed by atoms with Crippen molar-refractivity contribution in [1.82, 2.24) is 15.1 Å². The second-order valence-corrected chi connectivity index (χ2v) is 5.93. The third kappa shape index (κ3) is 3.30. The summed E-state index contributed by atoms with van der Waals surface area (Å²) in [5.41, 5.74) is 11.3. The molecule has 1 heterocycles. The van der Waals surface area contributed by atoms with Crippen LogP contribution in [0.15, 0.2) is 18.2 Å². The minimum absolute atomic E-state index is 0.0231. The van der Waals surface area contributed by atoms with Gasteiger partial charge in [0.2, 0.25) is 0 Å². The number of rotatable bonds is 4. The van der Waals surface area contributed by atoms with Crippen LogP contribution in [0, 0.1) is 20.8 Å². The van der Waals surface area contributed by atoms with E-state index in [0.717, 1.165) is 23.4 Å². The molecule has 0 saturated heterocycles. The van der Waals surface area contributed by atoms with Gasteiger partial charge in [-0.3, -0.25) is 9.48 Å². The molecule has 2 rings (SSSR count). The molecule has 0 saturated carbocycles. The van der Waals surface area contributed by atoms with Gasteiger partial charge in [-0.2, -0.15) is 5.10 Å². The van der Waals surface area contributed by atoms with Gasteiger partial charge in [0, 0.05) is 30.0 Å². The predicted octanol–water partition coefficient (Wildman–Crippen LogP) is 2.29. The first-order chi connectivity index (χ1) is 10.3. The molecule has 0 fully saturated rings. The highest BCUT2D eigenvalue weighted by Gasteiger charge is 2.16. The molecule has 0 aliphatic heterocycles. The first-order valence-electron chi connectivity index (χ1n) is 7.45. The third-order valence-corrected chi connectivity index (χ3v) is 4.05. The van der Waals surface area contributed by atoms with E-state index in [-0.39, 0.29) is 11.9 Å². The molecule has 1 amide bonds. The molecule has 0 bridgehead atoms. The smallest absolute Gasteiger partial charge is 0.251 e. The molecule has 1 atom stereocenters. The normalized spacial score (nSPS) is 12.2. The fraction of sp³-hybridized carbons (Fsp3) is 0.412. The lowest BCUT2D eigenvalue weighted by Gasteiger charge is -2.15. The van der Waals surface area contributed by atoms with Crippen molar-refractivity contribution in [3.05, 3.63) is 46.3 Å². The average molecular weight is 300 g/mol. The number of hydrogen-bond acceptors (Lipinski definition) is 3. The molecule has 1 unspecified atom stereocenters. The number of carbonyl (C=O) groups is 1.